The van der Waals surface area contributed by atoms with Gasteiger partial charge in [-0.15, -0.1) is 0 Å². The van der Waals surface area contributed by atoms with Gasteiger partial charge in [0.25, 0.3) is 0 Å². The number of nitrogens with two attached hydrogens (primary N) is 1. The molecule has 3 heteroatoms. The normalized spacial score (nSPS) is 10.9. The Morgan fingerprint density at radius 1 is 1.29 bits per heavy atom. The van der Waals surface area contributed by atoms with Crippen LogP contribution in [0.5, 0.6) is 0 Å². The van der Waals surface area contributed by atoms with Gasteiger partial charge in [-0.1, -0.05) is 24.3 Å². The molecule has 2 N–H and O–H groups in total. The fourth-order valence-corrected chi connectivity index (χ4v) is 1.65. The molecule has 0 aliphatic rings. The number of benzene rings is 2. The van der Waals surface area contributed by atoms with Gasteiger partial charge in [-0.05, 0) is 29.2 Å². The first kappa shape index (κ1) is 11.2. The van der Waals surface area contributed by atoms with Crippen LogP contribution in [0.3, 0.4) is 0 Å². The maximum Gasteiger partial charge on any atom is 0.330 e. The van der Waals surface area contributed by atoms with Gasteiger partial charge in [-0.2, -0.15) is 0 Å². The largest absolute Gasteiger partial charge is 0.466 e. The van der Waals surface area contributed by atoms with Gasteiger partial charge in [0, 0.05) is 17.1 Å². The first-order chi connectivity index (χ1) is 8.20. The molecule has 3 nitrogen and oxygen atoms in total. The van der Waals surface area contributed by atoms with E-state index in [1.54, 1.807) is 6.08 Å². The van der Waals surface area contributed by atoms with E-state index in [4.69, 9.17) is 5.73 Å². The second-order valence-electron chi connectivity index (χ2n) is 3.68. The average Bonchev–Trinajstić information content (AvgIpc) is 2.36. The molecule has 2 aromatic rings. The molecule has 0 radical (unpaired) electrons. The number of methoxy groups -OCH3 is 1. The highest BCUT2D eigenvalue weighted by molar-refractivity contribution is 5.95. The lowest BCUT2D eigenvalue weighted by Crippen LogP contribution is -1.93. The number of anilines is 1. The molecule has 0 fully saturated rings. The predicted molar refractivity (Wildman–Crippen MR) is 69.4 cm³/mol. The number of nitrogen functional groups attached to an aromatic ring is 1. The smallest absolute Gasteiger partial charge is 0.330 e. The van der Waals surface area contributed by atoms with Crippen molar-refractivity contribution in [2.45, 2.75) is 0 Å². The van der Waals surface area contributed by atoms with Crippen molar-refractivity contribution in [2.75, 3.05) is 12.8 Å². The highest BCUT2D eigenvalue weighted by Gasteiger charge is 1.98. The molecule has 0 unspecified atom stereocenters. The molecule has 0 amide bonds. The molecule has 2 aromatic carbocycles. The van der Waals surface area contributed by atoms with Crippen molar-refractivity contribution in [3.8, 4) is 0 Å². The fourth-order valence-electron chi connectivity index (χ4n) is 1.65. The minimum atomic E-state index is -0.369. The van der Waals surface area contributed by atoms with E-state index in [0.717, 1.165) is 22.0 Å². The molecule has 0 aliphatic carbocycles. The first-order valence-electron chi connectivity index (χ1n) is 5.25. The van der Waals surface area contributed by atoms with Gasteiger partial charge in [0.15, 0.2) is 0 Å². The number of fused-ring (bicyclic) bond motifs is 1. The monoisotopic (exact) mass is 227 g/mol. The molecule has 0 saturated heterocycles. The summed E-state index contributed by atoms with van der Waals surface area (Å²) in [7, 11) is 1.35. The zero-order chi connectivity index (χ0) is 12.3. The van der Waals surface area contributed by atoms with E-state index in [-0.39, 0.29) is 5.97 Å². The van der Waals surface area contributed by atoms with E-state index < -0.39 is 0 Å². The summed E-state index contributed by atoms with van der Waals surface area (Å²) in [6.45, 7) is 0. The number of rotatable bonds is 2. The lowest BCUT2D eigenvalue weighted by Gasteiger charge is -2.02. The fraction of sp³-hybridized carbons (Fsp3) is 0.0714. The third-order valence-electron chi connectivity index (χ3n) is 2.55. The summed E-state index contributed by atoms with van der Waals surface area (Å²) < 4.78 is 4.53. The van der Waals surface area contributed by atoms with Gasteiger partial charge in [-0.25, -0.2) is 4.79 Å². The van der Waals surface area contributed by atoms with E-state index in [1.165, 1.54) is 13.2 Å². The molecular formula is C14H13NO2. The van der Waals surface area contributed by atoms with Crippen molar-refractivity contribution >= 4 is 28.5 Å². The standard InChI is InChI=1S/C14H13NO2/c1-17-14(16)8-6-10-5-7-11-3-2-4-13(15)12(11)9-10/h2-9H,15H2,1H3/b8-6+. The van der Waals surface area contributed by atoms with Gasteiger partial charge >= 0.3 is 5.97 Å². The molecule has 86 valence electrons. The van der Waals surface area contributed by atoms with Crippen LogP contribution in [0.15, 0.2) is 42.5 Å². The molecule has 0 aliphatic heterocycles. The Morgan fingerprint density at radius 3 is 2.88 bits per heavy atom. The molecule has 0 saturated carbocycles. The molecule has 17 heavy (non-hydrogen) atoms. The Balaban J connectivity index is 2.41. The Labute approximate surface area is 99.5 Å². The topological polar surface area (TPSA) is 52.3 Å². The van der Waals surface area contributed by atoms with Crippen LogP contribution in [0, 0.1) is 0 Å². The first-order valence-corrected chi connectivity index (χ1v) is 5.25. The summed E-state index contributed by atoms with van der Waals surface area (Å²) in [5.74, 6) is -0.369. The van der Waals surface area contributed by atoms with E-state index in [2.05, 4.69) is 4.74 Å². The third kappa shape index (κ3) is 2.45. The maximum absolute atomic E-state index is 11.0. The zero-order valence-corrected chi connectivity index (χ0v) is 9.51. The number of hydrogen-bond acceptors (Lipinski definition) is 3. The Bertz CT molecular complexity index is 588. The maximum atomic E-state index is 11.0. The SMILES string of the molecule is COC(=O)/C=C/c1ccc2cccc(N)c2c1. The molecular weight excluding hydrogens is 214 g/mol. The summed E-state index contributed by atoms with van der Waals surface area (Å²) in [4.78, 5) is 11.0. The van der Waals surface area contributed by atoms with Crippen LogP contribution in [0.1, 0.15) is 5.56 Å². The Kier molecular flexibility index (Phi) is 3.10. The highest BCUT2D eigenvalue weighted by atomic mass is 16.5. The summed E-state index contributed by atoms with van der Waals surface area (Å²) >= 11 is 0. The predicted octanol–water partition coefficient (Wildman–Crippen LogP) is 2.61. The van der Waals surface area contributed by atoms with E-state index in [1.807, 2.05) is 36.4 Å². The van der Waals surface area contributed by atoms with Crippen LogP contribution >= 0.6 is 0 Å². The van der Waals surface area contributed by atoms with Crippen molar-refractivity contribution in [2.24, 2.45) is 0 Å². The highest BCUT2D eigenvalue weighted by Crippen LogP contribution is 2.22. The number of ether oxygens (including phenoxy) is 1. The number of carbonyl (C=O) groups excluding carboxylic acids is 1. The minimum absolute atomic E-state index is 0.369. The van der Waals surface area contributed by atoms with Gasteiger partial charge < -0.3 is 10.5 Å². The summed E-state index contributed by atoms with van der Waals surface area (Å²) in [6.07, 6.45) is 3.10. The van der Waals surface area contributed by atoms with E-state index >= 15 is 0 Å². The van der Waals surface area contributed by atoms with Gasteiger partial charge in [0.05, 0.1) is 7.11 Å². The molecule has 0 heterocycles. The molecule has 0 aromatic heterocycles. The number of carbonyl (C=O) groups is 1. The van der Waals surface area contributed by atoms with Gasteiger partial charge in [0.1, 0.15) is 0 Å². The Morgan fingerprint density at radius 2 is 2.12 bits per heavy atom. The lowest BCUT2D eigenvalue weighted by atomic mass is 10.1. The summed E-state index contributed by atoms with van der Waals surface area (Å²) in [6, 6.07) is 11.6. The van der Waals surface area contributed by atoms with Crippen LogP contribution < -0.4 is 5.73 Å². The molecule has 0 bridgehead atoms. The minimum Gasteiger partial charge on any atom is -0.466 e. The van der Waals surface area contributed by atoms with Crippen LogP contribution in [0.25, 0.3) is 16.8 Å². The van der Waals surface area contributed by atoms with E-state index in [0.29, 0.717) is 0 Å². The Hall–Kier alpha value is -2.29. The number of hydrogen-bond donors (Lipinski definition) is 1. The van der Waals surface area contributed by atoms with E-state index in [9.17, 15) is 4.79 Å². The number of esters is 1. The second-order valence-corrected chi connectivity index (χ2v) is 3.68. The van der Waals surface area contributed by atoms with Crippen LogP contribution in [0.2, 0.25) is 0 Å². The van der Waals surface area contributed by atoms with Crippen molar-refractivity contribution in [3.63, 3.8) is 0 Å². The van der Waals surface area contributed by atoms with Crippen LogP contribution in [-0.4, -0.2) is 13.1 Å². The van der Waals surface area contributed by atoms with Crippen molar-refractivity contribution < 1.29 is 9.53 Å². The quantitative estimate of drug-likeness (QED) is 0.487. The zero-order valence-electron chi connectivity index (χ0n) is 9.51. The second kappa shape index (κ2) is 4.70. The van der Waals surface area contributed by atoms with Crippen molar-refractivity contribution in [1.82, 2.24) is 0 Å². The van der Waals surface area contributed by atoms with Crippen LogP contribution in [-0.2, 0) is 9.53 Å². The summed E-state index contributed by atoms with van der Waals surface area (Å²) in [5, 5.41) is 2.07. The van der Waals surface area contributed by atoms with Crippen molar-refractivity contribution in [1.29, 1.82) is 0 Å². The van der Waals surface area contributed by atoms with Crippen molar-refractivity contribution in [3.05, 3.63) is 48.0 Å². The molecule has 0 spiro atoms. The van der Waals surface area contributed by atoms with Crippen LogP contribution in [0.4, 0.5) is 5.69 Å². The molecule has 2 rings (SSSR count). The van der Waals surface area contributed by atoms with Gasteiger partial charge in [-0.3, -0.25) is 0 Å². The average molecular weight is 227 g/mol. The van der Waals surface area contributed by atoms with Gasteiger partial charge in [0.2, 0.25) is 0 Å². The lowest BCUT2D eigenvalue weighted by molar-refractivity contribution is -0.134. The summed E-state index contributed by atoms with van der Waals surface area (Å²) in [5.41, 5.74) is 7.54. The third-order valence-corrected chi connectivity index (χ3v) is 2.55. The molecule has 0 atom stereocenters.